The van der Waals surface area contributed by atoms with Crippen molar-refractivity contribution in [3.63, 3.8) is 0 Å². The Labute approximate surface area is 274 Å². The first-order valence-electron chi connectivity index (χ1n) is 15.7. The second-order valence-electron chi connectivity index (χ2n) is 15.0. The van der Waals surface area contributed by atoms with Gasteiger partial charge in [0.25, 0.3) is 0 Å². The minimum absolute atomic E-state index is 0.0268. The molecular weight excluding hydrogens is 586 g/mol. The summed E-state index contributed by atoms with van der Waals surface area (Å²) in [7, 11) is 0. The van der Waals surface area contributed by atoms with Crippen LogP contribution in [0.1, 0.15) is 98.9 Å². The molecule has 0 bridgehead atoms. The van der Waals surface area contributed by atoms with Gasteiger partial charge in [-0.15, -0.1) is 0 Å². The number of hydrogen-bond acceptors (Lipinski definition) is 7. The highest BCUT2D eigenvalue weighted by molar-refractivity contribution is 5.94. The third-order valence-electron chi connectivity index (χ3n) is 6.90. The molecule has 2 aromatic rings. The first-order chi connectivity index (χ1) is 21.0. The van der Waals surface area contributed by atoms with Crippen LogP contribution >= 0.6 is 0 Å². The van der Waals surface area contributed by atoms with Crippen molar-refractivity contribution in [2.75, 3.05) is 0 Å². The highest BCUT2D eigenvalue weighted by Gasteiger charge is 2.44. The molecule has 0 aliphatic rings. The number of benzene rings is 2. The Morgan fingerprint density at radius 3 is 1.87 bits per heavy atom. The van der Waals surface area contributed by atoms with Crippen LogP contribution in [0.5, 0.6) is 5.75 Å². The van der Waals surface area contributed by atoms with Crippen LogP contribution in [0.3, 0.4) is 0 Å². The molecule has 0 saturated heterocycles. The van der Waals surface area contributed by atoms with E-state index in [1.165, 1.54) is 11.0 Å². The van der Waals surface area contributed by atoms with Gasteiger partial charge in [-0.2, -0.15) is 0 Å². The Morgan fingerprint density at radius 1 is 0.826 bits per heavy atom. The fourth-order valence-corrected chi connectivity index (χ4v) is 4.88. The van der Waals surface area contributed by atoms with Gasteiger partial charge in [0.1, 0.15) is 35.1 Å². The van der Waals surface area contributed by atoms with Gasteiger partial charge in [0.05, 0.1) is 0 Å². The Hall–Kier alpha value is -4.08. The van der Waals surface area contributed by atoms with Crippen molar-refractivity contribution >= 4 is 23.9 Å². The highest BCUT2D eigenvalue weighted by Crippen LogP contribution is 2.33. The van der Waals surface area contributed by atoms with Gasteiger partial charge in [-0.1, -0.05) is 50.2 Å². The smallest absolute Gasteiger partial charge is 0.408 e. The molecule has 3 amide bonds. The minimum atomic E-state index is -1.26. The quantitative estimate of drug-likeness (QED) is 0.272. The number of rotatable bonds is 10. The molecule has 10 heteroatoms. The molecule has 2 rings (SSSR count). The van der Waals surface area contributed by atoms with Crippen LogP contribution in [0.25, 0.3) is 0 Å². The maximum atomic E-state index is 14.5. The Kier molecular flexibility index (Phi) is 12.4. The lowest BCUT2D eigenvalue weighted by Crippen LogP contribution is -2.60. The topological polar surface area (TPSA) is 134 Å². The van der Waals surface area contributed by atoms with Gasteiger partial charge in [-0.3, -0.25) is 9.59 Å². The number of aromatic hydroxyl groups is 1. The van der Waals surface area contributed by atoms with E-state index in [2.05, 4.69) is 10.6 Å². The van der Waals surface area contributed by atoms with E-state index in [-0.39, 0.29) is 18.1 Å². The largest absolute Gasteiger partial charge is 0.508 e. The number of amides is 3. The lowest BCUT2D eigenvalue weighted by atomic mass is 9.92. The summed E-state index contributed by atoms with van der Waals surface area (Å²) in [6, 6.07) is 10.5. The van der Waals surface area contributed by atoms with Crippen molar-refractivity contribution in [3.8, 4) is 5.75 Å². The predicted molar refractivity (Wildman–Crippen MR) is 178 cm³/mol. The van der Waals surface area contributed by atoms with Crippen molar-refractivity contribution in [1.29, 1.82) is 0 Å². The number of ether oxygens (including phenoxy) is 2. The first kappa shape index (κ1) is 38.1. The third kappa shape index (κ3) is 11.4. The van der Waals surface area contributed by atoms with Crippen LogP contribution in [-0.4, -0.2) is 62.7 Å². The van der Waals surface area contributed by atoms with E-state index in [1.54, 1.807) is 95.2 Å². The number of hydrogen-bond donors (Lipinski definition) is 3. The Balaban J connectivity index is 2.68. The summed E-state index contributed by atoms with van der Waals surface area (Å²) in [5.41, 5.74) is -0.833. The number of carbonyl (C=O) groups excluding carboxylic acids is 4. The Bertz CT molecular complexity index is 1370. The number of alkyl carbamates (subject to hydrolysis) is 1. The summed E-state index contributed by atoms with van der Waals surface area (Å²) < 4.78 is 11.1. The van der Waals surface area contributed by atoms with Crippen LogP contribution in [0.15, 0.2) is 48.5 Å². The zero-order chi connectivity index (χ0) is 35.2. The SMILES string of the molecule is Cc1cc(C(C(=O)NC(Cc2ccccc2)C(=O)OC(C)(C)C)N(C(=O)C(NC(=O)OC(C)(C)C)C(C)C)C(C)(C)C)ccc1O. The number of nitrogens with zero attached hydrogens (tertiary/aromatic N) is 1. The van der Waals surface area contributed by atoms with Gasteiger partial charge < -0.3 is 30.1 Å². The summed E-state index contributed by atoms with van der Waals surface area (Å²) >= 11 is 0. The number of phenolic OH excluding ortho intramolecular Hbond substituents is 1. The van der Waals surface area contributed by atoms with E-state index in [0.29, 0.717) is 11.1 Å². The van der Waals surface area contributed by atoms with Gasteiger partial charge in [-0.25, -0.2) is 9.59 Å². The average molecular weight is 640 g/mol. The molecule has 0 spiro atoms. The van der Waals surface area contributed by atoms with Crippen LogP contribution in [0.2, 0.25) is 0 Å². The zero-order valence-electron chi connectivity index (χ0n) is 29.5. The first-order valence-corrected chi connectivity index (χ1v) is 15.7. The van der Waals surface area contributed by atoms with Gasteiger partial charge in [0.2, 0.25) is 11.8 Å². The molecule has 0 heterocycles. The predicted octanol–water partition coefficient (Wildman–Crippen LogP) is 5.99. The van der Waals surface area contributed by atoms with Gasteiger partial charge in [0, 0.05) is 12.0 Å². The van der Waals surface area contributed by atoms with E-state index in [0.717, 1.165) is 5.56 Å². The maximum absolute atomic E-state index is 14.5. The summed E-state index contributed by atoms with van der Waals surface area (Å²) in [5.74, 6) is -2.11. The van der Waals surface area contributed by atoms with Crippen LogP contribution < -0.4 is 10.6 Å². The number of aryl methyl sites for hydroxylation is 1. The molecule has 10 nitrogen and oxygen atoms in total. The molecular formula is C36H53N3O7. The normalized spacial score (nSPS) is 14.1. The van der Waals surface area contributed by atoms with Crippen molar-refractivity contribution < 1.29 is 33.8 Å². The lowest BCUT2D eigenvalue weighted by Gasteiger charge is -2.44. The molecule has 0 fully saturated rings. The van der Waals surface area contributed by atoms with Gasteiger partial charge >= 0.3 is 12.1 Å². The third-order valence-corrected chi connectivity index (χ3v) is 6.90. The molecule has 3 N–H and O–H groups in total. The fraction of sp³-hybridized carbons (Fsp3) is 0.556. The number of carbonyl (C=O) groups is 4. The van der Waals surface area contributed by atoms with Gasteiger partial charge in [0.15, 0.2) is 0 Å². The van der Waals surface area contributed by atoms with E-state index in [9.17, 15) is 24.3 Å². The van der Waals surface area contributed by atoms with Crippen molar-refractivity contribution in [2.45, 2.75) is 124 Å². The van der Waals surface area contributed by atoms with Crippen LogP contribution in [0.4, 0.5) is 4.79 Å². The van der Waals surface area contributed by atoms with Crippen molar-refractivity contribution in [2.24, 2.45) is 5.92 Å². The molecule has 0 aliphatic carbocycles. The molecule has 2 aromatic carbocycles. The van der Waals surface area contributed by atoms with E-state index in [4.69, 9.17) is 9.47 Å². The highest BCUT2D eigenvalue weighted by atomic mass is 16.6. The zero-order valence-corrected chi connectivity index (χ0v) is 29.5. The summed E-state index contributed by atoms with van der Waals surface area (Å²) in [4.78, 5) is 56.8. The summed E-state index contributed by atoms with van der Waals surface area (Å²) in [5, 5.41) is 15.9. The molecule has 0 aliphatic heterocycles. The average Bonchev–Trinajstić information content (AvgIpc) is 2.89. The van der Waals surface area contributed by atoms with Crippen molar-refractivity contribution in [3.05, 3.63) is 65.2 Å². The second kappa shape index (κ2) is 15.0. The van der Waals surface area contributed by atoms with Crippen LogP contribution in [0, 0.1) is 12.8 Å². The van der Waals surface area contributed by atoms with E-state index >= 15 is 0 Å². The summed E-state index contributed by atoms with van der Waals surface area (Å²) in [6.45, 7) is 21.1. The van der Waals surface area contributed by atoms with Crippen molar-refractivity contribution in [1.82, 2.24) is 15.5 Å². The number of phenols is 1. The molecule has 0 aromatic heterocycles. The molecule has 3 unspecified atom stereocenters. The summed E-state index contributed by atoms with van der Waals surface area (Å²) in [6.07, 6.45) is -0.607. The monoisotopic (exact) mass is 639 g/mol. The molecule has 46 heavy (non-hydrogen) atoms. The Morgan fingerprint density at radius 2 is 1.39 bits per heavy atom. The molecule has 3 atom stereocenters. The number of esters is 1. The standard InChI is InChI=1S/C36H53N3O7/c1-22(2)28(38-33(44)46-36(10,11)12)31(42)39(34(4,5)6)29(25-18-19-27(40)23(3)20-25)30(41)37-26(32(43)45-35(7,8)9)21-24-16-14-13-15-17-24/h13-20,22,26,28-29,40H,21H2,1-12H3,(H,37,41)(H,38,44). The lowest BCUT2D eigenvalue weighted by molar-refractivity contribution is -0.159. The fourth-order valence-electron chi connectivity index (χ4n) is 4.88. The minimum Gasteiger partial charge on any atom is -0.508 e. The van der Waals surface area contributed by atoms with E-state index in [1.807, 2.05) is 30.3 Å². The molecule has 0 radical (unpaired) electrons. The second-order valence-corrected chi connectivity index (χ2v) is 15.0. The van der Waals surface area contributed by atoms with Crippen LogP contribution in [-0.2, 0) is 30.3 Å². The molecule has 0 saturated carbocycles. The number of nitrogens with one attached hydrogen (secondary N) is 2. The van der Waals surface area contributed by atoms with Gasteiger partial charge in [-0.05, 0) is 104 Å². The maximum Gasteiger partial charge on any atom is 0.408 e. The van der Waals surface area contributed by atoms with E-state index < -0.39 is 58.7 Å². The molecule has 254 valence electrons.